The summed E-state index contributed by atoms with van der Waals surface area (Å²) in [6.07, 6.45) is 1.59. The van der Waals surface area contributed by atoms with Gasteiger partial charge in [-0.05, 0) is 12.1 Å². The number of aromatic nitrogens is 1. The molecule has 0 fully saturated rings. The molecule has 0 atom stereocenters. The average molecular weight is 210 g/mol. The van der Waals surface area contributed by atoms with Crippen LogP contribution >= 0.6 is 11.3 Å². The van der Waals surface area contributed by atoms with Crippen LogP contribution in [-0.2, 0) is 0 Å². The van der Waals surface area contributed by atoms with E-state index in [1.165, 1.54) is 11.3 Å². The molecule has 0 aliphatic carbocycles. The third-order valence-corrected chi connectivity index (χ3v) is 2.66. The van der Waals surface area contributed by atoms with Gasteiger partial charge < -0.3 is 0 Å². The Morgan fingerprint density at radius 2 is 2.00 bits per heavy atom. The Labute approximate surface area is 90.9 Å². The molecular formula is C11H4N3S. The Kier molecular flexibility index (Phi) is 2.45. The molecule has 0 saturated heterocycles. The third-order valence-electron chi connectivity index (χ3n) is 1.90. The highest BCUT2D eigenvalue weighted by Gasteiger charge is 2.05. The minimum Gasteiger partial charge on any atom is -0.244 e. The van der Waals surface area contributed by atoms with Gasteiger partial charge in [0.1, 0.15) is 17.1 Å². The molecule has 2 rings (SSSR count). The standard InChI is InChI=1S/C11H4N3S/c12-6-9-2-1-8(5-10(9)7-13)11-14-3-4-15-11/h1-3,5H. The fourth-order valence-corrected chi connectivity index (χ4v) is 1.76. The molecule has 0 unspecified atom stereocenters. The van der Waals surface area contributed by atoms with Crippen molar-refractivity contribution in [3.8, 4) is 22.7 Å². The minimum atomic E-state index is 0.380. The Hall–Kier alpha value is -2.17. The summed E-state index contributed by atoms with van der Waals surface area (Å²) < 4.78 is 0. The van der Waals surface area contributed by atoms with Gasteiger partial charge in [-0.3, -0.25) is 0 Å². The van der Waals surface area contributed by atoms with E-state index in [2.05, 4.69) is 10.4 Å². The quantitative estimate of drug-likeness (QED) is 0.725. The van der Waals surface area contributed by atoms with Gasteiger partial charge in [-0.1, -0.05) is 6.07 Å². The van der Waals surface area contributed by atoms with Crippen molar-refractivity contribution in [1.29, 1.82) is 10.5 Å². The van der Waals surface area contributed by atoms with E-state index in [0.29, 0.717) is 11.1 Å². The summed E-state index contributed by atoms with van der Waals surface area (Å²) in [6.45, 7) is 0. The number of benzene rings is 1. The molecule has 1 aromatic carbocycles. The first-order valence-corrected chi connectivity index (χ1v) is 4.93. The van der Waals surface area contributed by atoms with Crippen molar-refractivity contribution in [2.75, 3.05) is 0 Å². The average Bonchev–Trinajstić information content (AvgIpc) is 2.81. The molecule has 3 nitrogen and oxygen atoms in total. The molecule has 0 N–H and O–H groups in total. The zero-order valence-corrected chi connectivity index (χ0v) is 8.38. The second-order valence-electron chi connectivity index (χ2n) is 2.77. The zero-order chi connectivity index (χ0) is 10.7. The first kappa shape index (κ1) is 9.39. The maximum Gasteiger partial charge on any atom is 0.123 e. The summed E-state index contributed by atoms with van der Waals surface area (Å²) in [7, 11) is 0. The van der Waals surface area contributed by atoms with Crippen LogP contribution in [0.25, 0.3) is 10.6 Å². The van der Waals surface area contributed by atoms with E-state index in [1.807, 2.05) is 12.1 Å². The van der Waals surface area contributed by atoms with E-state index >= 15 is 0 Å². The van der Waals surface area contributed by atoms with Crippen LogP contribution in [0.1, 0.15) is 11.1 Å². The number of nitriles is 2. The second-order valence-corrected chi connectivity index (χ2v) is 3.59. The number of thiazole rings is 1. The normalized spacial score (nSPS) is 9.20. The van der Waals surface area contributed by atoms with Crippen molar-refractivity contribution >= 4 is 11.3 Å². The van der Waals surface area contributed by atoms with Crippen LogP contribution in [0, 0.1) is 28.0 Å². The Bertz CT molecular complexity index is 559. The molecule has 0 amide bonds. The van der Waals surface area contributed by atoms with Crippen molar-refractivity contribution in [1.82, 2.24) is 4.98 Å². The van der Waals surface area contributed by atoms with Crippen LogP contribution < -0.4 is 0 Å². The second kappa shape index (κ2) is 3.91. The Balaban J connectivity index is 2.56. The lowest BCUT2D eigenvalue weighted by Gasteiger charge is -1.98. The van der Waals surface area contributed by atoms with Crippen molar-refractivity contribution in [3.05, 3.63) is 40.9 Å². The fourth-order valence-electron chi connectivity index (χ4n) is 1.19. The van der Waals surface area contributed by atoms with Crippen LogP contribution in [0.3, 0.4) is 0 Å². The third kappa shape index (κ3) is 1.71. The lowest BCUT2D eigenvalue weighted by atomic mass is 10.1. The van der Waals surface area contributed by atoms with E-state index < -0.39 is 0 Å². The summed E-state index contributed by atoms with van der Waals surface area (Å²) in [5.41, 5.74) is 1.61. The molecule has 2 aromatic rings. The van der Waals surface area contributed by atoms with Crippen LogP contribution in [0.5, 0.6) is 0 Å². The molecule has 1 radical (unpaired) electrons. The van der Waals surface area contributed by atoms with Gasteiger partial charge in [0.2, 0.25) is 0 Å². The number of hydrogen-bond donors (Lipinski definition) is 0. The summed E-state index contributed by atoms with van der Waals surface area (Å²) in [5, 5.41) is 21.3. The maximum atomic E-state index is 8.85. The lowest BCUT2D eigenvalue weighted by molar-refractivity contribution is 1.39. The molecule has 0 bridgehead atoms. The summed E-state index contributed by atoms with van der Waals surface area (Å²) in [5.74, 6) is 0. The predicted octanol–water partition coefficient (Wildman–Crippen LogP) is 2.35. The summed E-state index contributed by atoms with van der Waals surface area (Å²) >= 11 is 1.38. The molecule has 0 aliphatic rings. The summed E-state index contributed by atoms with van der Waals surface area (Å²) in [4.78, 5) is 4.09. The Morgan fingerprint density at radius 1 is 1.20 bits per heavy atom. The van der Waals surface area contributed by atoms with Gasteiger partial charge in [0, 0.05) is 11.8 Å². The molecule has 0 spiro atoms. The van der Waals surface area contributed by atoms with Crippen LogP contribution in [-0.4, -0.2) is 4.98 Å². The van der Waals surface area contributed by atoms with E-state index in [4.69, 9.17) is 10.5 Å². The minimum absolute atomic E-state index is 0.380. The maximum absolute atomic E-state index is 8.85. The molecule has 1 heterocycles. The van der Waals surface area contributed by atoms with E-state index in [1.54, 1.807) is 24.4 Å². The smallest absolute Gasteiger partial charge is 0.123 e. The predicted molar refractivity (Wildman–Crippen MR) is 55.8 cm³/mol. The van der Waals surface area contributed by atoms with Crippen molar-refractivity contribution in [2.24, 2.45) is 0 Å². The van der Waals surface area contributed by atoms with Gasteiger partial charge in [-0.25, -0.2) is 4.98 Å². The van der Waals surface area contributed by atoms with Gasteiger partial charge in [0.25, 0.3) is 0 Å². The first-order chi connectivity index (χ1) is 7.35. The van der Waals surface area contributed by atoms with Gasteiger partial charge in [-0.15, -0.1) is 11.3 Å². The Morgan fingerprint density at radius 3 is 2.60 bits per heavy atom. The fraction of sp³-hybridized carbons (Fsp3) is 0. The number of nitrogens with zero attached hydrogens (tertiary/aromatic N) is 3. The lowest BCUT2D eigenvalue weighted by Crippen LogP contribution is -1.85. The van der Waals surface area contributed by atoms with Crippen molar-refractivity contribution in [3.63, 3.8) is 0 Å². The molecular weight excluding hydrogens is 206 g/mol. The van der Waals surface area contributed by atoms with Gasteiger partial charge >= 0.3 is 0 Å². The monoisotopic (exact) mass is 210 g/mol. The van der Waals surface area contributed by atoms with Gasteiger partial charge in [-0.2, -0.15) is 10.5 Å². The first-order valence-electron chi connectivity index (χ1n) is 4.11. The number of hydrogen-bond acceptors (Lipinski definition) is 4. The highest BCUT2D eigenvalue weighted by molar-refractivity contribution is 7.12. The summed E-state index contributed by atoms with van der Waals surface area (Å²) in [6, 6.07) is 9.05. The topological polar surface area (TPSA) is 60.5 Å². The largest absolute Gasteiger partial charge is 0.244 e. The van der Waals surface area contributed by atoms with E-state index in [0.717, 1.165) is 10.6 Å². The number of rotatable bonds is 1. The molecule has 15 heavy (non-hydrogen) atoms. The molecule has 0 aliphatic heterocycles. The molecule has 4 heteroatoms. The van der Waals surface area contributed by atoms with Gasteiger partial charge in [0.15, 0.2) is 0 Å². The zero-order valence-electron chi connectivity index (χ0n) is 7.56. The van der Waals surface area contributed by atoms with E-state index in [9.17, 15) is 0 Å². The highest BCUT2D eigenvalue weighted by Crippen LogP contribution is 2.23. The molecule has 0 saturated carbocycles. The molecule has 69 valence electrons. The molecule has 1 aromatic heterocycles. The highest BCUT2D eigenvalue weighted by atomic mass is 32.1. The van der Waals surface area contributed by atoms with Crippen LogP contribution in [0.4, 0.5) is 0 Å². The van der Waals surface area contributed by atoms with Crippen molar-refractivity contribution < 1.29 is 0 Å². The van der Waals surface area contributed by atoms with Crippen molar-refractivity contribution in [2.45, 2.75) is 0 Å². The van der Waals surface area contributed by atoms with Crippen LogP contribution in [0.2, 0.25) is 0 Å². The van der Waals surface area contributed by atoms with Gasteiger partial charge in [0.05, 0.1) is 16.5 Å². The van der Waals surface area contributed by atoms with Crippen LogP contribution in [0.15, 0.2) is 24.4 Å². The SMILES string of the molecule is N#Cc1ccc(-c2nc[c]s2)cc1C#N. The van der Waals surface area contributed by atoms with E-state index in [-0.39, 0.29) is 0 Å².